The molecule has 1 N–H and O–H groups in total. The molecule has 0 spiro atoms. The normalized spacial score (nSPS) is 11.8. The van der Waals surface area contributed by atoms with Crippen molar-refractivity contribution in [1.82, 2.24) is 4.57 Å². The Balaban J connectivity index is 1.62. The van der Waals surface area contributed by atoms with Gasteiger partial charge < -0.3 is 4.74 Å². The number of ether oxygens (including phenoxy) is 1. The van der Waals surface area contributed by atoms with E-state index in [-0.39, 0.29) is 15.9 Å². The number of aromatic nitrogens is 1. The standard InChI is InChI=1S/C23H21ClN2O4S2/c1-15(2)30-19-5-3-4-18(12-19)25-32(28,29)20-10-11-21-22(13-20)31-23(27)26(21)14-16-6-8-17(24)9-7-16/h3-13,15,25H,14H2,1-2H3. The summed E-state index contributed by atoms with van der Waals surface area (Å²) >= 11 is 6.95. The molecule has 0 radical (unpaired) electrons. The van der Waals surface area contributed by atoms with Crippen molar-refractivity contribution in [3.8, 4) is 5.75 Å². The molecule has 0 unspecified atom stereocenters. The molecule has 9 heteroatoms. The maximum absolute atomic E-state index is 12.9. The fourth-order valence-corrected chi connectivity index (χ4v) is 5.46. The number of nitrogens with zero attached hydrogens (tertiary/aromatic N) is 1. The van der Waals surface area contributed by atoms with Gasteiger partial charge in [0.05, 0.1) is 33.4 Å². The van der Waals surface area contributed by atoms with E-state index >= 15 is 0 Å². The summed E-state index contributed by atoms with van der Waals surface area (Å²) in [7, 11) is -3.84. The van der Waals surface area contributed by atoms with Crippen LogP contribution in [0.25, 0.3) is 10.2 Å². The maximum atomic E-state index is 12.9. The van der Waals surface area contributed by atoms with Gasteiger partial charge in [0.25, 0.3) is 10.0 Å². The molecule has 32 heavy (non-hydrogen) atoms. The minimum absolute atomic E-state index is 0.0241. The third kappa shape index (κ3) is 4.98. The first-order valence-corrected chi connectivity index (χ1v) is 12.6. The molecule has 0 amide bonds. The second-order valence-corrected chi connectivity index (χ2v) is 10.6. The Kier molecular flexibility index (Phi) is 6.28. The van der Waals surface area contributed by atoms with Crippen LogP contribution >= 0.6 is 22.9 Å². The van der Waals surface area contributed by atoms with Gasteiger partial charge in [-0.05, 0) is 61.9 Å². The van der Waals surface area contributed by atoms with Crippen molar-refractivity contribution in [2.24, 2.45) is 0 Å². The van der Waals surface area contributed by atoms with E-state index in [0.717, 1.165) is 16.9 Å². The van der Waals surface area contributed by atoms with Gasteiger partial charge in [0.1, 0.15) is 5.75 Å². The zero-order valence-corrected chi connectivity index (χ0v) is 19.8. The topological polar surface area (TPSA) is 77.4 Å². The predicted octanol–water partition coefficient (Wildman–Crippen LogP) is 5.35. The maximum Gasteiger partial charge on any atom is 0.308 e. The molecule has 0 aliphatic rings. The van der Waals surface area contributed by atoms with Crippen molar-refractivity contribution in [2.75, 3.05) is 4.72 Å². The van der Waals surface area contributed by atoms with Gasteiger partial charge in [-0.1, -0.05) is 41.1 Å². The van der Waals surface area contributed by atoms with Crippen molar-refractivity contribution >= 4 is 48.9 Å². The second-order valence-electron chi connectivity index (χ2n) is 7.51. The number of anilines is 1. The lowest BCUT2D eigenvalue weighted by atomic mass is 10.2. The number of sulfonamides is 1. The van der Waals surface area contributed by atoms with Crippen LogP contribution in [0.2, 0.25) is 5.02 Å². The van der Waals surface area contributed by atoms with E-state index in [0.29, 0.717) is 33.2 Å². The molecular formula is C23H21ClN2O4S2. The fraction of sp³-hybridized carbons (Fsp3) is 0.174. The Morgan fingerprint density at radius 1 is 1.06 bits per heavy atom. The van der Waals surface area contributed by atoms with E-state index in [1.807, 2.05) is 26.0 Å². The third-order valence-electron chi connectivity index (χ3n) is 4.66. The lowest BCUT2D eigenvalue weighted by Gasteiger charge is -2.12. The molecule has 0 aliphatic heterocycles. The zero-order valence-electron chi connectivity index (χ0n) is 17.4. The molecule has 3 aromatic carbocycles. The summed E-state index contributed by atoms with van der Waals surface area (Å²) in [5.74, 6) is 0.577. The SMILES string of the molecule is CC(C)Oc1cccc(NS(=O)(=O)c2ccc3c(c2)sc(=O)n3Cc2ccc(Cl)cc2)c1. The summed E-state index contributed by atoms with van der Waals surface area (Å²) in [6, 6.07) is 18.7. The van der Waals surface area contributed by atoms with E-state index in [2.05, 4.69) is 4.72 Å². The average molecular weight is 489 g/mol. The van der Waals surface area contributed by atoms with Crippen LogP contribution in [0, 0.1) is 0 Å². The Labute approximate surface area is 195 Å². The Morgan fingerprint density at radius 3 is 2.53 bits per heavy atom. The minimum Gasteiger partial charge on any atom is -0.491 e. The predicted molar refractivity (Wildman–Crippen MR) is 130 cm³/mol. The number of rotatable bonds is 7. The molecule has 0 saturated heterocycles. The number of thiazole rings is 1. The van der Waals surface area contributed by atoms with Gasteiger partial charge in [0.15, 0.2) is 0 Å². The van der Waals surface area contributed by atoms with Crippen LogP contribution in [-0.4, -0.2) is 19.1 Å². The molecule has 6 nitrogen and oxygen atoms in total. The number of nitrogens with one attached hydrogen (secondary N) is 1. The first-order chi connectivity index (χ1) is 15.2. The van der Waals surface area contributed by atoms with E-state index in [9.17, 15) is 13.2 Å². The quantitative estimate of drug-likeness (QED) is 0.380. The Morgan fingerprint density at radius 2 is 1.81 bits per heavy atom. The molecular weight excluding hydrogens is 468 g/mol. The summed E-state index contributed by atoms with van der Waals surface area (Å²) in [4.78, 5) is 12.5. The van der Waals surface area contributed by atoms with Crippen molar-refractivity contribution in [3.63, 3.8) is 0 Å². The van der Waals surface area contributed by atoms with Crippen molar-refractivity contribution in [2.45, 2.75) is 31.4 Å². The first-order valence-electron chi connectivity index (χ1n) is 9.89. The van der Waals surface area contributed by atoms with Crippen LogP contribution in [0.3, 0.4) is 0 Å². The lowest BCUT2D eigenvalue weighted by Crippen LogP contribution is -2.14. The van der Waals surface area contributed by atoms with Crippen LogP contribution in [0.4, 0.5) is 5.69 Å². The first kappa shape index (κ1) is 22.4. The monoisotopic (exact) mass is 488 g/mol. The van der Waals surface area contributed by atoms with Crippen molar-refractivity contribution in [1.29, 1.82) is 0 Å². The second kappa shape index (κ2) is 8.97. The van der Waals surface area contributed by atoms with Gasteiger partial charge >= 0.3 is 4.87 Å². The number of fused-ring (bicyclic) bond motifs is 1. The number of halogens is 1. The summed E-state index contributed by atoms with van der Waals surface area (Å²) < 4.78 is 36.3. The van der Waals surface area contributed by atoms with Gasteiger partial charge in [0, 0.05) is 11.1 Å². The summed E-state index contributed by atoms with van der Waals surface area (Å²) in [6.07, 6.45) is -0.0241. The highest BCUT2D eigenvalue weighted by Gasteiger charge is 2.18. The van der Waals surface area contributed by atoms with Crippen LogP contribution in [0.15, 0.2) is 76.4 Å². The van der Waals surface area contributed by atoms with Crippen molar-refractivity contribution in [3.05, 3.63) is 87.0 Å². The van der Waals surface area contributed by atoms with E-state index in [1.165, 1.54) is 12.1 Å². The van der Waals surface area contributed by atoms with Gasteiger partial charge in [-0.15, -0.1) is 0 Å². The molecule has 1 aromatic heterocycles. The molecule has 0 aliphatic carbocycles. The van der Waals surface area contributed by atoms with E-state index in [4.69, 9.17) is 16.3 Å². The molecule has 0 saturated carbocycles. The van der Waals surface area contributed by atoms with Crippen LogP contribution in [0.1, 0.15) is 19.4 Å². The molecule has 4 aromatic rings. The Hall–Kier alpha value is -2.81. The highest BCUT2D eigenvalue weighted by molar-refractivity contribution is 7.92. The number of hydrogen-bond donors (Lipinski definition) is 1. The van der Waals surface area contributed by atoms with Crippen LogP contribution in [0.5, 0.6) is 5.75 Å². The van der Waals surface area contributed by atoms with Crippen LogP contribution < -0.4 is 14.3 Å². The summed E-state index contributed by atoms with van der Waals surface area (Å²) in [6.45, 7) is 4.18. The lowest BCUT2D eigenvalue weighted by molar-refractivity contribution is 0.242. The number of hydrogen-bond acceptors (Lipinski definition) is 5. The zero-order chi connectivity index (χ0) is 22.9. The minimum atomic E-state index is -3.84. The summed E-state index contributed by atoms with van der Waals surface area (Å²) in [5.41, 5.74) is 2.01. The Bertz CT molecular complexity index is 1420. The smallest absolute Gasteiger partial charge is 0.308 e. The highest BCUT2D eigenvalue weighted by Crippen LogP contribution is 2.26. The third-order valence-corrected chi connectivity index (χ3v) is 7.23. The summed E-state index contributed by atoms with van der Waals surface area (Å²) in [5, 5.41) is 0.625. The average Bonchev–Trinajstić information content (AvgIpc) is 3.03. The van der Waals surface area contributed by atoms with E-state index < -0.39 is 10.0 Å². The van der Waals surface area contributed by atoms with Crippen molar-refractivity contribution < 1.29 is 13.2 Å². The highest BCUT2D eigenvalue weighted by atomic mass is 35.5. The number of benzene rings is 3. The van der Waals surface area contributed by atoms with Crippen LogP contribution in [-0.2, 0) is 16.6 Å². The molecule has 4 rings (SSSR count). The molecule has 1 heterocycles. The molecule has 166 valence electrons. The molecule has 0 fully saturated rings. The molecule has 0 atom stereocenters. The molecule has 0 bridgehead atoms. The van der Waals surface area contributed by atoms with Gasteiger partial charge in [-0.3, -0.25) is 14.1 Å². The van der Waals surface area contributed by atoms with Gasteiger partial charge in [0.2, 0.25) is 0 Å². The van der Waals surface area contributed by atoms with Gasteiger partial charge in [-0.25, -0.2) is 8.42 Å². The van der Waals surface area contributed by atoms with E-state index in [1.54, 1.807) is 47.0 Å². The van der Waals surface area contributed by atoms with Gasteiger partial charge in [-0.2, -0.15) is 0 Å². The fourth-order valence-electron chi connectivity index (χ4n) is 3.26. The largest absolute Gasteiger partial charge is 0.491 e.